The number of amides is 2. The van der Waals surface area contributed by atoms with E-state index in [1.165, 1.54) is 17.0 Å². The Balaban J connectivity index is 1.89. The van der Waals surface area contributed by atoms with Gasteiger partial charge in [0.15, 0.2) is 0 Å². The minimum absolute atomic E-state index is 0.360. The van der Waals surface area contributed by atoms with Crippen molar-refractivity contribution in [1.29, 1.82) is 0 Å². The van der Waals surface area contributed by atoms with Crippen LogP contribution in [-0.4, -0.2) is 16.8 Å². The fraction of sp³-hybridized carbons (Fsp3) is 0.190. The maximum absolute atomic E-state index is 13.6. The average Bonchev–Trinajstić information content (AvgIpc) is 2.90. The first-order chi connectivity index (χ1) is 12.6. The van der Waals surface area contributed by atoms with Crippen molar-refractivity contribution in [1.82, 2.24) is 4.98 Å². The number of anilines is 1. The van der Waals surface area contributed by atoms with Crippen molar-refractivity contribution < 1.29 is 14.0 Å². The topological polar surface area (TPSA) is 50.3 Å². The van der Waals surface area contributed by atoms with Crippen LogP contribution in [0.15, 0.2) is 48.5 Å². The number of rotatable bonds is 4. The summed E-state index contributed by atoms with van der Waals surface area (Å²) < 4.78 is 13.6. The third-order valence-corrected chi connectivity index (χ3v) is 4.63. The van der Waals surface area contributed by atoms with E-state index < -0.39 is 0 Å². The number of imide groups is 1. The van der Waals surface area contributed by atoms with Crippen molar-refractivity contribution in [2.75, 3.05) is 4.90 Å². The van der Waals surface area contributed by atoms with Crippen LogP contribution in [-0.2, 0) is 6.42 Å². The molecule has 0 fully saturated rings. The molecule has 1 aliphatic rings. The lowest BCUT2D eigenvalue weighted by Crippen LogP contribution is -2.30. The van der Waals surface area contributed by atoms with Gasteiger partial charge in [-0.3, -0.25) is 14.6 Å². The molecule has 130 valence electrons. The highest BCUT2D eigenvalue weighted by Crippen LogP contribution is 2.33. The van der Waals surface area contributed by atoms with Gasteiger partial charge >= 0.3 is 0 Å². The number of fused-ring (bicyclic) bond motifs is 2. The quantitative estimate of drug-likeness (QED) is 0.652. The molecular weight excluding hydrogens is 331 g/mol. The van der Waals surface area contributed by atoms with Gasteiger partial charge in [0.25, 0.3) is 11.8 Å². The first-order valence-electron chi connectivity index (χ1n) is 8.67. The molecule has 1 aliphatic heterocycles. The molecule has 0 unspecified atom stereocenters. The van der Waals surface area contributed by atoms with E-state index in [0.717, 1.165) is 12.8 Å². The zero-order valence-corrected chi connectivity index (χ0v) is 14.3. The van der Waals surface area contributed by atoms with E-state index in [2.05, 4.69) is 11.9 Å². The summed E-state index contributed by atoms with van der Waals surface area (Å²) in [6.07, 6.45) is 2.49. The van der Waals surface area contributed by atoms with E-state index in [4.69, 9.17) is 0 Å². The lowest BCUT2D eigenvalue weighted by molar-refractivity contribution is 0.0925. The van der Waals surface area contributed by atoms with Gasteiger partial charge in [-0.1, -0.05) is 25.5 Å². The number of carbonyl (C=O) groups is 2. The molecule has 0 aliphatic carbocycles. The number of unbranched alkanes of at least 4 members (excludes halogenated alkanes) is 1. The van der Waals surface area contributed by atoms with Crippen molar-refractivity contribution >= 4 is 28.4 Å². The summed E-state index contributed by atoms with van der Waals surface area (Å²) in [4.78, 5) is 31.5. The Morgan fingerprint density at radius 2 is 1.69 bits per heavy atom. The van der Waals surface area contributed by atoms with Gasteiger partial charge in [0.2, 0.25) is 0 Å². The summed E-state index contributed by atoms with van der Waals surface area (Å²) in [5.41, 5.74) is 2.55. The second-order valence-corrected chi connectivity index (χ2v) is 6.39. The smallest absolute Gasteiger partial charge is 0.266 e. The van der Waals surface area contributed by atoms with Crippen molar-refractivity contribution in [2.24, 2.45) is 0 Å². The van der Waals surface area contributed by atoms with Crippen LogP contribution in [0.3, 0.4) is 0 Å². The lowest BCUT2D eigenvalue weighted by Gasteiger charge is -2.18. The molecule has 2 amide bonds. The van der Waals surface area contributed by atoms with Crippen LogP contribution >= 0.6 is 0 Å². The molecule has 5 heteroatoms. The molecule has 2 heterocycles. The molecule has 1 aromatic heterocycles. The van der Waals surface area contributed by atoms with Gasteiger partial charge in [0, 0.05) is 5.39 Å². The summed E-state index contributed by atoms with van der Waals surface area (Å²) in [6.45, 7) is 2.07. The van der Waals surface area contributed by atoms with E-state index in [1.807, 2.05) is 0 Å². The maximum atomic E-state index is 13.6. The van der Waals surface area contributed by atoms with Crippen molar-refractivity contribution in [3.8, 4) is 0 Å². The molecule has 4 rings (SSSR count). The van der Waals surface area contributed by atoms with Gasteiger partial charge < -0.3 is 0 Å². The predicted octanol–water partition coefficient (Wildman–Crippen LogP) is 4.52. The SMILES string of the molecule is CCCCc1nc2ccc(F)cc2cc1N1C(=O)c2ccccc2C1=O. The number of nitrogens with zero attached hydrogens (tertiary/aromatic N) is 2. The first-order valence-corrected chi connectivity index (χ1v) is 8.67. The number of aromatic nitrogens is 1. The van der Waals surface area contributed by atoms with Crippen molar-refractivity contribution in [3.05, 3.63) is 71.2 Å². The van der Waals surface area contributed by atoms with Crippen LogP contribution < -0.4 is 4.90 Å². The Labute approximate surface area is 150 Å². The Morgan fingerprint density at radius 3 is 2.35 bits per heavy atom. The van der Waals surface area contributed by atoms with Gasteiger partial charge in [-0.2, -0.15) is 0 Å². The van der Waals surface area contributed by atoms with Crippen molar-refractivity contribution in [3.63, 3.8) is 0 Å². The Kier molecular flexibility index (Phi) is 3.99. The molecule has 0 bridgehead atoms. The monoisotopic (exact) mass is 348 g/mol. The molecule has 4 nitrogen and oxygen atoms in total. The molecular formula is C21H17FN2O2. The molecule has 26 heavy (non-hydrogen) atoms. The zero-order chi connectivity index (χ0) is 18.3. The van der Waals surface area contributed by atoms with E-state index in [0.29, 0.717) is 39.8 Å². The Morgan fingerprint density at radius 1 is 1.00 bits per heavy atom. The van der Waals surface area contributed by atoms with Gasteiger partial charge in [0.1, 0.15) is 5.82 Å². The minimum atomic E-state index is -0.381. The number of hydrogen-bond donors (Lipinski definition) is 0. The van der Waals surface area contributed by atoms with Crippen LogP contribution in [0.5, 0.6) is 0 Å². The Hall–Kier alpha value is -3.08. The number of aryl methyl sites for hydroxylation is 1. The van der Waals surface area contributed by atoms with Crippen LogP contribution in [0, 0.1) is 5.82 Å². The molecule has 0 saturated carbocycles. The largest absolute Gasteiger partial charge is 0.268 e. The minimum Gasteiger partial charge on any atom is -0.268 e. The summed E-state index contributed by atoms with van der Waals surface area (Å²) in [5.74, 6) is -1.10. The number of halogens is 1. The van der Waals surface area contributed by atoms with Gasteiger partial charge in [0.05, 0.1) is 28.0 Å². The summed E-state index contributed by atoms with van der Waals surface area (Å²) in [7, 11) is 0. The fourth-order valence-electron chi connectivity index (χ4n) is 3.31. The molecule has 0 saturated heterocycles. The van der Waals surface area contributed by atoms with Gasteiger partial charge in [-0.15, -0.1) is 0 Å². The fourth-order valence-corrected chi connectivity index (χ4v) is 3.31. The first kappa shape index (κ1) is 16.4. The molecule has 0 radical (unpaired) electrons. The highest BCUT2D eigenvalue weighted by Gasteiger charge is 2.37. The highest BCUT2D eigenvalue weighted by molar-refractivity contribution is 6.34. The predicted molar refractivity (Wildman–Crippen MR) is 97.9 cm³/mol. The number of pyridine rings is 1. The van der Waals surface area contributed by atoms with Crippen LogP contribution in [0.1, 0.15) is 46.2 Å². The number of benzene rings is 2. The molecule has 0 atom stereocenters. The van der Waals surface area contributed by atoms with E-state index in [1.54, 1.807) is 36.4 Å². The molecule has 0 N–H and O–H groups in total. The number of hydrogen-bond acceptors (Lipinski definition) is 3. The molecule has 2 aromatic carbocycles. The van der Waals surface area contributed by atoms with E-state index in [-0.39, 0.29) is 17.6 Å². The van der Waals surface area contributed by atoms with Gasteiger partial charge in [-0.05, 0) is 49.2 Å². The second kappa shape index (κ2) is 6.33. The average molecular weight is 348 g/mol. The highest BCUT2D eigenvalue weighted by atomic mass is 19.1. The third-order valence-electron chi connectivity index (χ3n) is 4.63. The summed E-state index contributed by atoms with van der Waals surface area (Å²) >= 11 is 0. The van der Waals surface area contributed by atoms with Crippen LogP contribution in [0.2, 0.25) is 0 Å². The Bertz CT molecular complexity index is 1010. The van der Waals surface area contributed by atoms with Crippen LogP contribution in [0.4, 0.5) is 10.1 Å². The normalized spacial score (nSPS) is 13.5. The van der Waals surface area contributed by atoms with E-state index in [9.17, 15) is 14.0 Å². The zero-order valence-electron chi connectivity index (χ0n) is 14.3. The molecule has 0 spiro atoms. The lowest BCUT2D eigenvalue weighted by atomic mass is 10.1. The van der Waals surface area contributed by atoms with Crippen molar-refractivity contribution in [2.45, 2.75) is 26.2 Å². The third kappa shape index (κ3) is 2.56. The van der Waals surface area contributed by atoms with Crippen LogP contribution in [0.25, 0.3) is 10.9 Å². The van der Waals surface area contributed by atoms with E-state index >= 15 is 0 Å². The number of carbonyl (C=O) groups excluding carboxylic acids is 2. The summed E-state index contributed by atoms with van der Waals surface area (Å²) in [5, 5.41) is 0.566. The maximum Gasteiger partial charge on any atom is 0.266 e. The summed E-state index contributed by atoms with van der Waals surface area (Å²) in [6, 6.07) is 12.8. The molecule has 3 aromatic rings. The standard InChI is InChI=1S/C21H17FN2O2/c1-2-3-8-18-19(12-13-11-14(22)9-10-17(13)23-18)24-20(25)15-6-4-5-7-16(15)21(24)26/h4-7,9-12H,2-3,8H2,1H3. The van der Waals surface area contributed by atoms with Gasteiger partial charge in [-0.25, -0.2) is 9.29 Å². The second-order valence-electron chi connectivity index (χ2n) is 6.39.